The smallest absolute Gasteiger partial charge is 0.321 e. The molecule has 0 radical (unpaired) electrons. The first-order valence-corrected chi connectivity index (χ1v) is 11.2. The standard InChI is InChI=1S/C26H28N4O3/c31-24(28-26(33)27-19-20-7-2-1-3-8-20)13-14-29-15-17-30(18-16-29)25(32)23-12-6-10-21-9-4-5-11-22(21)23/h1-12H,13-19H2,(H2,27,28,31,33). The summed E-state index contributed by atoms with van der Waals surface area (Å²) < 4.78 is 0. The molecule has 7 heteroatoms. The predicted octanol–water partition coefficient (Wildman–Crippen LogP) is 3.01. The molecule has 7 nitrogen and oxygen atoms in total. The molecule has 1 aliphatic rings. The highest BCUT2D eigenvalue weighted by Gasteiger charge is 2.23. The van der Waals surface area contributed by atoms with Gasteiger partial charge in [-0.05, 0) is 22.4 Å². The molecule has 0 unspecified atom stereocenters. The third-order valence-corrected chi connectivity index (χ3v) is 5.88. The lowest BCUT2D eigenvalue weighted by molar-refractivity contribution is -0.120. The maximum atomic E-state index is 13.1. The summed E-state index contributed by atoms with van der Waals surface area (Å²) in [6.45, 7) is 3.54. The summed E-state index contributed by atoms with van der Waals surface area (Å²) in [6.07, 6.45) is 0.232. The number of imide groups is 1. The number of rotatable bonds is 6. The molecule has 2 N–H and O–H groups in total. The van der Waals surface area contributed by atoms with Gasteiger partial charge in [0.05, 0.1) is 0 Å². The van der Waals surface area contributed by atoms with Crippen LogP contribution < -0.4 is 10.6 Å². The Morgan fingerprint density at radius 3 is 2.27 bits per heavy atom. The van der Waals surface area contributed by atoms with Crippen LogP contribution in [0.3, 0.4) is 0 Å². The highest BCUT2D eigenvalue weighted by Crippen LogP contribution is 2.20. The van der Waals surface area contributed by atoms with Crippen molar-refractivity contribution in [3.8, 4) is 0 Å². The van der Waals surface area contributed by atoms with E-state index in [2.05, 4.69) is 15.5 Å². The molecule has 1 heterocycles. The van der Waals surface area contributed by atoms with Gasteiger partial charge in [0.25, 0.3) is 5.91 Å². The molecule has 3 aromatic carbocycles. The Bertz CT molecular complexity index is 1120. The van der Waals surface area contributed by atoms with Crippen LogP contribution in [0.25, 0.3) is 10.8 Å². The van der Waals surface area contributed by atoms with E-state index in [0.717, 1.165) is 21.9 Å². The molecule has 1 aliphatic heterocycles. The summed E-state index contributed by atoms with van der Waals surface area (Å²) in [6, 6.07) is 22.8. The van der Waals surface area contributed by atoms with Crippen molar-refractivity contribution in [1.29, 1.82) is 0 Å². The van der Waals surface area contributed by atoms with Crippen molar-refractivity contribution in [2.45, 2.75) is 13.0 Å². The maximum absolute atomic E-state index is 13.1. The number of carbonyl (C=O) groups excluding carboxylic acids is 3. The van der Waals surface area contributed by atoms with Crippen molar-refractivity contribution in [2.75, 3.05) is 32.7 Å². The summed E-state index contributed by atoms with van der Waals surface area (Å²) in [5.41, 5.74) is 1.69. The Morgan fingerprint density at radius 1 is 0.788 bits per heavy atom. The predicted molar refractivity (Wildman–Crippen MR) is 128 cm³/mol. The molecule has 4 rings (SSSR count). The van der Waals surface area contributed by atoms with E-state index in [-0.39, 0.29) is 18.2 Å². The number of benzene rings is 3. The number of carbonyl (C=O) groups is 3. The molecule has 0 atom stereocenters. The number of piperazine rings is 1. The van der Waals surface area contributed by atoms with Crippen molar-refractivity contribution < 1.29 is 14.4 Å². The van der Waals surface area contributed by atoms with Gasteiger partial charge in [-0.25, -0.2) is 4.79 Å². The van der Waals surface area contributed by atoms with Crippen LogP contribution in [0.1, 0.15) is 22.3 Å². The minimum atomic E-state index is -0.491. The summed E-state index contributed by atoms with van der Waals surface area (Å²) in [7, 11) is 0. The lowest BCUT2D eigenvalue weighted by Gasteiger charge is -2.34. The summed E-state index contributed by atoms with van der Waals surface area (Å²) in [5, 5.41) is 7.08. The molecule has 3 aromatic rings. The number of amides is 4. The van der Waals surface area contributed by atoms with Gasteiger partial charge < -0.3 is 10.2 Å². The fourth-order valence-corrected chi connectivity index (χ4v) is 4.03. The highest BCUT2D eigenvalue weighted by molar-refractivity contribution is 6.07. The van der Waals surface area contributed by atoms with Gasteiger partial charge in [0.1, 0.15) is 0 Å². The van der Waals surface area contributed by atoms with E-state index in [9.17, 15) is 14.4 Å². The third-order valence-electron chi connectivity index (χ3n) is 5.88. The van der Waals surface area contributed by atoms with Gasteiger partial charge in [0.2, 0.25) is 5.91 Å². The molecule has 0 spiro atoms. The quantitative estimate of drug-likeness (QED) is 0.612. The van der Waals surface area contributed by atoms with Crippen LogP contribution in [0.15, 0.2) is 72.8 Å². The van der Waals surface area contributed by atoms with E-state index >= 15 is 0 Å². The average molecular weight is 445 g/mol. The van der Waals surface area contributed by atoms with Crippen molar-refractivity contribution in [3.05, 3.63) is 83.9 Å². The van der Waals surface area contributed by atoms with Crippen molar-refractivity contribution in [2.24, 2.45) is 0 Å². The Labute approximate surface area is 193 Å². The fraction of sp³-hybridized carbons (Fsp3) is 0.269. The van der Waals surface area contributed by atoms with E-state index in [1.54, 1.807) is 0 Å². The monoisotopic (exact) mass is 444 g/mol. The zero-order chi connectivity index (χ0) is 23.0. The van der Waals surface area contributed by atoms with Crippen LogP contribution in [0.2, 0.25) is 0 Å². The minimum Gasteiger partial charge on any atom is -0.336 e. The van der Waals surface area contributed by atoms with E-state index < -0.39 is 6.03 Å². The first kappa shape index (κ1) is 22.5. The molecular weight excluding hydrogens is 416 g/mol. The average Bonchev–Trinajstić information content (AvgIpc) is 2.86. The minimum absolute atomic E-state index is 0.0410. The summed E-state index contributed by atoms with van der Waals surface area (Å²) in [5.74, 6) is -0.269. The van der Waals surface area contributed by atoms with E-state index in [1.807, 2.05) is 77.7 Å². The Hall–Kier alpha value is -3.71. The third kappa shape index (κ3) is 5.96. The molecule has 0 bridgehead atoms. The van der Waals surface area contributed by atoms with Crippen molar-refractivity contribution in [3.63, 3.8) is 0 Å². The topological polar surface area (TPSA) is 81.8 Å². The number of hydrogen-bond acceptors (Lipinski definition) is 4. The lowest BCUT2D eigenvalue weighted by Crippen LogP contribution is -2.49. The number of nitrogens with zero attached hydrogens (tertiary/aromatic N) is 2. The Kier molecular flexibility index (Phi) is 7.32. The second-order valence-corrected chi connectivity index (χ2v) is 8.13. The van der Waals surface area contributed by atoms with Crippen LogP contribution in [0.4, 0.5) is 4.79 Å². The molecule has 1 fully saturated rings. The Morgan fingerprint density at radius 2 is 1.48 bits per heavy atom. The molecule has 1 saturated heterocycles. The van der Waals surface area contributed by atoms with Crippen LogP contribution in [-0.2, 0) is 11.3 Å². The highest BCUT2D eigenvalue weighted by atomic mass is 16.2. The molecule has 170 valence electrons. The van der Waals surface area contributed by atoms with E-state index in [1.165, 1.54) is 0 Å². The second kappa shape index (κ2) is 10.7. The van der Waals surface area contributed by atoms with Gasteiger partial charge in [0.15, 0.2) is 0 Å². The first-order chi connectivity index (χ1) is 16.1. The van der Waals surface area contributed by atoms with E-state index in [0.29, 0.717) is 39.3 Å². The molecule has 33 heavy (non-hydrogen) atoms. The summed E-state index contributed by atoms with van der Waals surface area (Å²) >= 11 is 0. The van der Waals surface area contributed by atoms with Crippen LogP contribution in [0, 0.1) is 0 Å². The van der Waals surface area contributed by atoms with Crippen LogP contribution in [-0.4, -0.2) is 60.4 Å². The first-order valence-electron chi connectivity index (χ1n) is 11.2. The molecule has 0 saturated carbocycles. The fourth-order valence-electron chi connectivity index (χ4n) is 4.03. The maximum Gasteiger partial charge on any atom is 0.321 e. The van der Waals surface area contributed by atoms with Gasteiger partial charge in [-0.3, -0.25) is 19.8 Å². The van der Waals surface area contributed by atoms with Gasteiger partial charge in [-0.15, -0.1) is 0 Å². The largest absolute Gasteiger partial charge is 0.336 e. The van der Waals surface area contributed by atoms with Gasteiger partial charge in [0, 0.05) is 51.3 Å². The SMILES string of the molecule is O=C(CCN1CCN(C(=O)c2cccc3ccccc23)CC1)NC(=O)NCc1ccccc1. The second-order valence-electron chi connectivity index (χ2n) is 8.13. The number of nitrogens with one attached hydrogen (secondary N) is 2. The number of fused-ring (bicyclic) bond motifs is 1. The van der Waals surface area contributed by atoms with E-state index in [4.69, 9.17) is 0 Å². The lowest BCUT2D eigenvalue weighted by atomic mass is 10.0. The zero-order valence-corrected chi connectivity index (χ0v) is 18.5. The van der Waals surface area contributed by atoms with Gasteiger partial charge in [-0.2, -0.15) is 0 Å². The molecule has 0 aliphatic carbocycles. The van der Waals surface area contributed by atoms with Crippen LogP contribution >= 0.6 is 0 Å². The number of urea groups is 1. The molecular formula is C26H28N4O3. The number of hydrogen-bond donors (Lipinski definition) is 2. The summed E-state index contributed by atoms with van der Waals surface area (Å²) in [4.78, 5) is 41.1. The van der Waals surface area contributed by atoms with Gasteiger partial charge in [-0.1, -0.05) is 66.7 Å². The molecule has 0 aromatic heterocycles. The Balaban J connectivity index is 1.20. The zero-order valence-electron chi connectivity index (χ0n) is 18.5. The van der Waals surface area contributed by atoms with Crippen molar-refractivity contribution in [1.82, 2.24) is 20.4 Å². The van der Waals surface area contributed by atoms with Crippen LogP contribution in [0.5, 0.6) is 0 Å². The normalized spacial score (nSPS) is 14.1. The van der Waals surface area contributed by atoms with Crippen molar-refractivity contribution >= 4 is 28.6 Å². The molecule has 4 amide bonds. The van der Waals surface area contributed by atoms with Gasteiger partial charge >= 0.3 is 6.03 Å².